The second kappa shape index (κ2) is 6.94. The van der Waals surface area contributed by atoms with Crippen LogP contribution in [0.5, 0.6) is 5.75 Å². The highest BCUT2D eigenvalue weighted by atomic mass is 79.9. The fraction of sp³-hybridized carbons (Fsp3) is 0.333. The molecule has 0 spiro atoms. The van der Waals surface area contributed by atoms with E-state index in [2.05, 4.69) is 41.9 Å². The molecule has 1 heterocycles. The van der Waals surface area contributed by atoms with E-state index in [1.54, 1.807) is 11.3 Å². The Labute approximate surface area is 137 Å². The van der Waals surface area contributed by atoms with Gasteiger partial charge in [0.2, 0.25) is 0 Å². The molecule has 108 valence electrons. The summed E-state index contributed by atoms with van der Waals surface area (Å²) in [6, 6.07) is 9.67. The Morgan fingerprint density at radius 3 is 2.70 bits per heavy atom. The predicted octanol–water partition coefficient (Wildman–Crippen LogP) is 5.33. The summed E-state index contributed by atoms with van der Waals surface area (Å²) in [6.45, 7) is 4.14. The van der Waals surface area contributed by atoms with Crippen LogP contribution in [0.4, 0.5) is 0 Å². The van der Waals surface area contributed by atoms with Gasteiger partial charge in [-0.2, -0.15) is 0 Å². The molecule has 1 aromatic heterocycles. The summed E-state index contributed by atoms with van der Waals surface area (Å²) in [5.74, 6) is 0.654. The van der Waals surface area contributed by atoms with Gasteiger partial charge in [0.1, 0.15) is 11.9 Å². The number of thiophene rings is 1. The van der Waals surface area contributed by atoms with E-state index >= 15 is 0 Å². The first-order chi connectivity index (χ1) is 9.51. The van der Waals surface area contributed by atoms with E-state index in [-0.39, 0.29) is 12.1 Å². The topological polar surface area (TPSA) is 35.2 Å². The lowest BCUT2D eigenvalue weighted by molar-refractivity contribution is 0.174. The summed E-state index contributed by atoms with van der Waals surface area (Å²) in [5.41, 5.74) is 6.22. The summed E-state index contributed by atoms with van der Waals surface area (Å²) in [6.07, 6.45) is 0.665. The number of nitrogens with two attached hydrogens (primary N) is 1. The lowest BCUT2D eigenvalue weighted by atomic mass is 10.1. The van der Waals surface area contributed by atoms with Crippen molar-refractivity contribution in [2.45, 2.75) is 32.4 Å². The molecule has 0 aliphatic rings. The minimum absolute atomic E-state index is 0.0666. The van der Waals surface area contributed by atoms with Gasteiger partial charge in [0, 0.05) is 20.3 Å². The molecule has 2 unspecified atom stereocenters. The number of aryl methyl sites for hydroxylation is 1. The first-order valence-corrected chi connectivity index (χ1v) is 8.43. The highest BCUT2D eigenvalue weighted by Crippen LogP contribution is 2.35. The smallest absolute Gasteiger partial charge is 0.148 e. The van der Waals surface area contributed by atoms with Crippen molar-refractivity contribution in [3.05, 3.63) is 49.6 Å². The Morgan fingerprint density at radius 2 is 2.10 bits per heavy atom. The monoisotopic (exact) mass is 373 g/mol. The molecule has 5 heteroatoms. The Morgan fingerprint density at radius 1 is 1.35 bits per heavy atom. The zero-order valence-electron chi connectivity index (χ0n) is 11.4. The van der Waals surface area contributed by atoms with Crippen molar-refractivity contribution in [3.63, 3.8) is 0 Å². The fourth-order valence-corrected chi connectivity index (χ4v) is 3.37. The Hall–Kier alpha value is -0.550. The maximum atomic E-state index is 6.22. The van der Waals surface area contributed by atoms with Crippen LogP contribution in [-0.4, -0.2) is 6.04 Å². The van der Waals surface area contributed by atoms with E-state index in [9.17, 15) is 0 Å². The van der Waals surface area contributed by atoms with Gasteiger partial charge in [-0.05, 0) is 43.7 Å². The van der Waals surface area contributed by atoms with Crippen molar-refractivity contribution in [2.75, 3.05) is 0 Å². The van der Waals surface area contributed by atoms with E-state index in [1.165, 1.54) is 4.88 Å². The molecule has 0 bridgehead atoms. The summed E-state index contributed by atoms with van der Waals surface area (Å²) in [4.78, 5) is 2.38. The maximum Gasteiger partial charge on any atom is 0.148 e. The molecule has 2 rings (SSSR count). The quantitative estimate of drug-likeness (QED) is 0.767. The van der Waals surface area contributed by atoms with Crippen LogP contribution in [0.2, 0.25) is 5.02 Å². The average Bonchev–Trinajstić information content (AvgIpc) is 2.85. The summed E-state index contributed by atoms with van der Waals surface area (Å²) >= 11 is 11.3. The van der Waals surface area contributed by atoms with Gasteiger partial charge in [-0.15, -0.1) is 11.3 Å². The first-order valence-electron chi connectivity index (χ1n) is 6.45. The first kappa shape index (κ1) is 15.8. The molecule has 2 N–H and O–H groups in total. The molecule has 0 fully saturated rings. The number of benzene rings is 1. The lowest BCUT2D eigenvalue weighted by Crippen LogP contribution is -2.31. The van der Waals surface area contributed by atoms with Gasteiger partial charge in [0.25, 0.3) is 0 Å². The van der Waals surface area contributed by atoms with E-state index in [0.29, 0.717) is 10.8 Å². The molecule has 0 radical (unpaired) electrons. The van der Waals surface area contributed by atoms with Gasteiger partial charge < -0.3 is 10.5 Å². The molecule has 2 nitrogen and oxygen atoms in total. The lowest BCUT2D eigenvalue weighted by Gasteiger charge is -2.24. The minimum atomic E-state index is -0.175. The van der Waals surface area contributed by atoms with Crippen LogP contribution < -0.4 is 10.5 Å². The van der Waals surface area contributed by atoms with Gasteiger partial charge in [-0.25, -0.2) is 0 Å². The number of ether oxygens (including phenoxy) is 1. The number of hydrogen-bond donors (Lipinski definition) is 1. The van der Waals surface area contributed by atoms with Crippen molar-refractivity contribution < 1.29 is 4.74 Å². The normalized spacial score (nSPS) is 14.1. The minimum Gasteiger partial charge on any atom is -0.482 e. The molecule has 20 heavy (non-hydrogen) atoms. The van der Waals surface area contributed by atoms with Crippen LogP contribution in [0.3, 0.4) is 0 Å². The van der Waals surface area contributed by atoms with Crippen molar-refractivity contribution in [1.29, 1.82) is 0 Å². The van der Waals surface area contributed by atoms with E-state index in [4.69, 9.17) is 22.1 Å². The molecule has 1 aromatic carbocycles. The SMILES string of the molecule is CCC(N)C(Oc1cc(Br)ccc1Cl)c1ccc(C)s1. The highest BCUT2D eigenvalue weighted by molar-refractivity contribution is 9.10. The van der Waals surface area contributed by atoms with E-state index in [1.807, 2.05) is 18.2 Å². The van der Waals surface area contributed by atoms with Crippen LogP contribution in [0, 0.1) is 6.92 Å². The third-order valence-electron chi connectivity index (χ3n) is 3.05. The summed E-state index contributed by atoms with van der Waals surface area (Å²) in [5, 5.41) is 0.592. The highest BCUT2D eigenvalue weighted by Gasteiger charge is 2.23. The second-order valence-electron chi connectivity index (χ2n) is 4.63. The Kier molecular flexibility index (Phi) is 5.49. The molecule has 2 aromatic rings. The Balaban J connectivity index is 2.30. The standard InChI is InChI=1S/C15H17BrClNOS/c1-3-12(18)15(14-7-4-9(2)20-14)19-13-8-10(16)5-6-11(13)17/h4-8,12,15H,3,18H2,1-2H3. The number of rotatable bonds is 5. The summed E-state index contributed by atoms with van der Waals surface area (Å²) in [7, 11) is 0. The Bertz CT molecular complexity index is 587. The van der Waals surface area contributed by atoms with Gasteiger partial charge in [0.05, 0.1) is 5.02 Å². The molecular weight excluding hydrogens is 358 g/mol. The third-order valence-corrected chi connectivity index (χ3v) is 4.92. The molecule has 0 aliphatic heterocycles. The van der Waals surface area contributed by atoms with E-state index in [0.717, 1.165) is 15.8 Å². The molecule has 2 atom stereocenters. The molecule has 0 saturated heterocycles. The predicted molar refractivity (Wildman–Crippen MR) is 89.8 cm³/mol. The van der Waals surface area contributed by atoms with Gasteiger partial charge >= 0.3 is 0 Å². The van der Waals surface area contributed by atoms with Gasteiger partial charge in [-0.3, -0.25) is 0 Å². The van der Waals surface area contributed by atoms with E-state index < -0.39 is 0 Å². The van der Waals surface area contributed by atoms with Crippen molar-refractivity contribution in [1.82, 2.24) is 0 Å². The second-order valence-corrected chi connectivity index (χ2v) is 7.28. The van der Waals surface area contributed by atoms with Crippen LogP contribution >= 0.6 is 38.9 Å². The zero-order chi connectivity index (χ0) is 14.7. The van der Waals surface area contributed by atoms with Crippen molar-refractivity contribution >= 4 is 38.9 Å². The van der Waals surface area contributed by atoms with Gasteiger partial charge in [0.15, 0.2) is 0 Å². The van der Waals surface area contributed by atoms with Crippen LogP contribution in [0.15, 0.2) is 34.8 Å². The summed E-state index contributed by atoms with van der Waals surface area (Å²) < 4.78 is 7.04. The fourth-order valence-electron chi connectivity index (χ4n) is 1.88. The maximum absolute atomic E-state index is 6.22. The van der Waals surface area contributed by atoms with Crippen LogP contribution in [0.1, 0.15) is 29.2 Å². The number of hydrogen-bond acceptors (Lipinski definition) is 3. The van der Waals surface area contributed by atoms with Gasteiger partial charge in [-0.1, -0.05) is 34.5 Å². The number of halogens is 2. The molecule has 0 saturated carbocycles. The largest absolute Gasteiger partial charge is 0.482 e. The molecule has 0 aliphatic carbocycles. The average molecular weight is 375 g/mol. The molecule has 0 amide bonds. The van der Waals surface area contributed by atoms with Crippen molar-refractivity contribution in [2.24, 2.45) is 5.73 Å². The van der Waals surface area contributed by atoms with Crippen LogP contribution in [-0.2, 0) is 0 Å². The molecular formula is C15H17BrClNOS. The third kappa shape index (κ3) is 3.76. The van der Waals surface area contributed by atoms with Crippen LogP contribution in [0.25, 0.3) is 0 Å². The zero-order valence-corrected chi connectivity index (χ0v) is 14.6. The van der Waals surface area contributed by atoms with Crippen molar-refractivity contribution in [3.8, 4) is 5.75 Å².